The number of hydrogen-bond donors (Lipinski definition) is 2. The summed E-state index contributed by atoms with van der Waals surface area (Å²) in [5, 5.41) is 6.55. The van der Waals surface area contributed by atoms with Crippen molar-refractivity contribution >= 4 is 51.8 Å². The summed E-state index contributed by atoms with van der Waals surface area (Å²) < 4.78 is 1.11. The molecule has 0 saturated heterocycles. The summed E-state index contributed by atoms with van der Waals surface area (Å²) in [6.07, 6.45) is 2.09. The van der Waals surface area contributed by atoms with Gasteiger partial charge in [-0.3, -0.25) is 4.79 Å². The van der Waals surface area contributed by atoms with Crippen LogP contribution < -0.4 is 10.6 Å². The molecule has 0 aromatic heterocycles. The molecular formula is C18H30BrIN4O. The fraction of sp³-hybridized carbons (Fsp3) is 0.556. The van der Waals surface area contributed by atoms with Gasteiger partial charge in [-0.25, -0.2) is 4.99 Å². The molecule has 0 saturated carbocycles. The molecule has 0 aliphatic heterocycles. The molecule has 0 bridgehead atoms. The van der Waals surface area contributed by atoms with Gasteiger partial charge in [-0.05, 0) is 37.0 Å². The Morgan fingerprint density at radius 1 is 1.28 bits per heavy atom. The Kier molecular flexibility index (Phi) is 12.9. The molecule has 0 fully saturated rings. The molecule has 1 rings (SSSR count). The first-order valence-corrected chi connectivity index (χ1v) is 9.22. The minimum Gasteiger partial charge on any atom is -0.357 e. The molecule has 1 unspecified atom stereocenters. The average Bonchev–Trinajstić information content (AvgIpc) is 2.55. The Morgan fingerprint density at radius 3 is 2.56 bits per heavy atom. The summed E-state index contributed by atoms with van der Waals surface area (Å²) >= 11 is 3.52. The maximum absolute atomic E-state index is 11.7. The van der Waals surface area contributed by atoms with Crippen LogP contribution in [0, 0.1) is 5.92 Å². The van der Waals surface area contributed by atoms with Gasteiger partial charge in [0.1, 0.15) is 6.54 Å². The van der Waals surface area contributed by atoms with E-state index in [0.29, 0.717) is 11.9 Å². The van der Waals surface area contributed by atoms with Crippen molar-refractivity contribution in [3.8, 4) is 0 Å². The molecule has 0 aliphatic rings. The summed E-state index contributed by atoms with van der Waals surface area (Å²) in [6.45, 7) is 5.97. The van der Waals surface area contributed by atoms with E-state index in [1.54, 1.807) is 19.0 Å². The number of halogens is 2. The first-order chi connectivity index (χ1) is 11.5. The van der Waals surface area contributed by atoms with E-state index < -0.39 is 0 Å². The van der Waals surface area contributed by atoms with Crippen LogP contribution in [0.25, 0.3) is 0 Å². The van der Waals surface area contributed by atoms with Crippen molar-refractivity contribution in [3.63, 3.8) is 0 Å². The van der Waals surface area contributed by atoms with Crippen molar-refractivity contribution in [3.05, 3.63) is 34.3 Å². The lowest BCUT2D eigenvalue weighted by atomic mass is 9.97. The van der Waals surface area contributed by atoms with E-state index >= 15 is 0 Å². The van der Waals surface area contributed by atoms with Gasteiger partial charge in [-0.2, -0.15) is 0 Å². The Morgan fingerprint density at radius 2 is 2.00 bits per heavy atom. The lowest BCUT2D eigenvalue weighted by Gasteiger charge is -2.18. The van der Waals surface area contributed by atoms with Gasteiger partial charge in [0.05, 0.1) is 0 Å². The average molecular weight is 525 g/mol. The van der Waals surface area contributed by atoms with E-state index in [-0.39, 0.29) is 36.4 Å². The zero-order valence-corrected chi connectivity index (χ0v) is 19.4. The van der Waals surface area contributed by atoms with Crippen LogP contribution >= 0.6 is 39.9 Å². The minimum atomic E-state index is -0.00613. The normalized spacial score (nSPS) is 12.1. The van der Waals surface area contributed by atoms with Crippen LogP contribution in [0.1, 0.15) is 25.8 Å². The quantitative estimate of drug-likeness (QED) is 0.312. The van der Waals surface area contributed by atoms with Crippen LogP contribution in [0.4, 0.5) is 0 Å². The number of benzene rings is 1. The van der Waals surface area contributed by atoms with E-state index in [9.17, 15) is 4.79 Å². The Hall–Kier alpha value is -0.830. The third-order valence-corrected chi connectivity index (χ3v) is 4.26. The van der Waals surface area contributed by atoms with Crippen molar-refractivity contribution in [2.45, 2.75) is 26.7 Å². The number of carbonyl (C=O) groups is 1. The summed E-state index contributed by atoms with van der Waals surface area (Å²) in [4.78, 5) is 17.6. The molecule has 142 valence electrons. The SMILES string of the molecule is CCNC(=NCC(=O)N(C)C)NCC(CC)Cc1cccc(Br)c1.I. The summed E-state index contributed by atoms with van der Waals surface area (Å²) in [6, 6.07) is 8.43. The highest BCUT2D eigenvalue weighted by molar-refractivity contribution is 14.0. The van der Waals surface area contributed by atoms with Gasteiger partial charge in [0.15, 0.2) is 5.96 Å². The van der Waals surface area contributed by atoms with Gasteiger partial charge < -0.3 is 15.5 Å². The number of hydrogen-bond acceptors (Lipinski definition) is 2. The smallest absolute Gasteiger partial charge is 0.243 e. The molecule has 0 heterocycles. The third-order valence-electron chi connectivity index (χ3n) is 3.76. The molecule has 5 nitrogen and oxygen atoms in total. The maximum Gasteiger partial charge on any atom is 0.243 e. The van der Waals surface area contributed by atoms with E-state index in [2.05, 4.69) is 56.7 Å². The van der Waals surface area contributed by atoms with Crippen molar-refractivity contribution in [1.29, 1.82) is 0 Å². The highest BCUT2D eigenvalue weighted by Gasteiger charge is 2.10. The minimum absolute atomic E-state index is 0. The van der Waals surface area contributed by atoms with E-state index in [0.717, 1.165) is 30.4 Å². The predicted octanol–water partition coefficient (Wildman–Crippen LogP) is 3.28. The van der Waals surface area contributed by atoms with Crippen LogP contribution in [0.15, 0.2) is 33.7 Å². The fourth-order valence-corrected chi connectivity index (χ4v) is 2.68. The van der Waals surface area contributed by atoms with Crippen LogP contribution in [-0.4, -0.2) is 50.5 Å². The standard InChI is InChI=1S/C18H29BrN4O.HI/c1-5-14(10-15-8-7-9-16(19)11-15)12-21-18(20-6-2)22-13-17(24)23(3)4;/h7-9,11,14H,5-6,10,12-13H2,1-4H3,(H2,20,21,22);1H. The zero-order chi connectivity index (χ0) is 17.9. The molecule has 0 radical (unpaired) electrons. The van der Waals surface area contributed by atoms with Gasteiger partial charge in [-0.1, -0.05) is 41.4 Å². The summed E-state index contributed by atoms with van der Waals surface area (Å²) in [5.74, 6) is 1.20. The van der Waals surface area contributed by atoms with E-state index in [4.69, 9.17) is 0 Å². The number of rotatable bonds is 8. The highest BCUT2D eigenvalue weighted by atomic mass is 127. The van der Waals surface area contributed by atoms with Crippen LogP contribution in [0.3, 0.4) is 0 Å². The summed E-state index contributed by atoms with van der Waals surface area (Å²) in [5.41, 5.74) is 1.32. The van der Waals surface area contributed by atoms with E-state index in [1.807, 2.05) is 13.0 Å². The van der Waals surface area contributed by atoms with Crippen molar-refractivity contribution in [2.24, 2.45) is 10.9 Å². The number of amides is 1. The second-order valence-corrected chi connectivity index (χ2v) is 6.89. The van der Waals surface area contributed by atoms with Crippen molar-refractivity contribution in [1.82, 2.24) is 15.5 Å². The second-order valence-electron chi connectivity index (χ2n) is 5.97. The van der Waals surface area contributed by atoms with Crippen molar-refractivity contribution < 1.29 is 4.79 Å². The first kappa shape index (κ1) is 24.2. The Bertz CT molecular complexity index is 552. The zero-order valence-electron chi connectivity index (χ0n) is 15.5. The van der Waals surface area contributed by atoms with Gasteiger partial charge in [0.2, 0.25) is 5.91 Å². The predicted molar refractivity (Wildman–Crippen MR) is 120 cm³/mol. The Labute approximate surface area is 177 Å². The molecule has 1 aromatic rings. The summed E-state index contributed by atoms with van der Waals surface area (Å²) in [7, 11) is 3.48. The Balaban J connectivity index is 0.00000576. The molecule has 0 aliphatic carbocycles. The highest BCUT2D eigenvalue weighted by Crippen LogP contribution is 2.16. The van der Waals surface area contributed by atoms with Crippen LogP contribution in [0.5, 0.6) is 0 Å². The van der Waals surface area contributed by atoms with Gasteiger partial charge in [0.25, 0.3) is 0 Å². The lowest BCUT2D eigenvalue weighted by Crippen LogP contribution is -2.41. The monoisotopic (exact) mass is 524 g/mol. The number of nitrogens with one attached hydrogen (secondary N) is 2. The number of guanidine groups is 1. The number of likely N-dealkylation sites (N-methyl/N-ethyl adjacent to an activating group) is 1. The molecule has 1 amide bonds. The van der Waals surface area contributed by atoms with Gasteiger partial charge in [0, 0.05) is 31.7 Å². The number of nitrogens with zero attached hydrogens (tertiary/aromatic N) is 2. The maximum atomic E-state index is 11.7. The molecular weight excluding hydrogens is 495 g/mol. The molecule has 25 heavy (non-hydrogen) atoms. The second kappa shape index (κ2) is 13.4. The van der Waals surface area contributed by atoms with Gasteiger partial charge in [-0.15, -0.1) is 24.0 Å². The molecule has 2 N–H and O–H groups in total. The van der Waals surface area contributed by atoms with Crippen LogP contribution in [-0.2, 0) is 11.2 Å². The third kappa shape index (κ3) is 10.0. The fourth-order valence-electron chi connectivity index (χ4n) is 2.23. The molecule has 7 heteroatoms. The largest absolute Gasteiger partial charge is 0.357 e. The van der Waals surface area contributed by atoms with Crippen LogP contribution in [0.2, 0.25) is 0 Å². The topological polar surface area (TPSA) is 56.7 Å². The van der Waals surface area contributed by atoms with E-state index in [1.165, 1.54) is 5.56 Å². The number of carbonyl (C=O) groups excluding carboxylic acids is 1. The molecule has 1 atom stereocenters. The number of aliphatic imine (C=N–C) groups is 1. The molecule has 0 spiro atoms. The molecule has 1 aromatic carbocycles. The van der Waals surface area contributed by atoms with Gasteiger partial charge >= 0.3 is 0 Å². The van der Waals surface area contributed by atoms with Crippen molar-refractivity contribution in [2.75, 3.05) is 33.7 Å². The lowest BCUT2D eigenvalue weighted by molar-refractivity contribution is -0.127. The first-order valence-electron chi connectivity index (χ1n) is 8.43.